The molecular weight excluding hydrogens is 277 g/mol. The van der Waals surface area contributed by atoms with E-state index in [2.05, 4.69) is 10.0 Å². The molecule has 0 fully saturated rings. The van der Waals surface area contributed by atoms with E-state index in [4.69, 9.17) is 28.7 Å². The normalized spacial score (nSPS) is 9.53. The van der Waals surface area contributed by atoms with Crippen molar-refractivity contribution in [2.45, 2.75) is 0 Å². The van der Waals surface area contributed by atoms with Crippen LogP contribution in [-0.2, 0) is 0 Å². The molecule has 0 spiro atoms. The summed E-state index contributed by atoms with van der Waals surface area (Å²) in [6.07, 6.45) is 0. The minimum atomic E-state index is -0.990. The van der Waals surface area contributed by atoms with Gasteiger partial charge in [0, 0.05) is 4.91 Å². The molecule has 9 nitrogen and oxygen atoms in total. The molecule has 0 amide bonds. The molecule has 0 aliphatic rings. The third kappa shape index (κ3) is 2.36. The van der Waals surface area contributed by atoms with Gasteiger partial charge < -0.3 is 0 Å². The van der Waals surface area contributed by atoms with Gasteiger partial charge in [-0.3, -0.25) is 20.2 Å². The van der Waals surface area contributed by atoms with Crippen LogP contribution in [0.25, 0.3) is 10.4 Å². The lowest BCUT2D eigenvalue weighted by molar-refractivity contribution is -0.393. The minimum Gasteiger partial charge on any atom is -0.258 e. The molecule has 0 aromatic heterocycles. The summed E-state index contributed by atoms with van der Waals surface area (Å²) in [6, 6.07) is 0.809. The van der Waals surface area contributed by atoms with Crippen LogP contribution in [0.1, 0.15) is 0 Å². The summed E-state index contributed by atoms with van der Waals surface area (Å²) in [5, 5.41) is 23.0. The summed E-state index contributed by atoms with van der Waals surface area (Å²) >= 11 is 11.0. The van der Waals surface area contributed by atoms with E-state index >= 15 is 0 Å². The van der Waals surface area contributed by atoms with E-state index in [1.54, 1.807) is 0 Å². The van der Waals surface area contributed by atoms with Gasteiger partial charge in [-0.2, -0.15) is 0 Å². The SMILES string of the molecule is [N-]=[N+]=Nc1cc(Cl)c([N+](=O)[O-])c(Cl)c1[N+](=O)[O-]. The molecule has 11 heteroatoms. The molecule has 0 bridgehead atoms. The van der Waals surface area contributed by atoms with E-state index in [1.165, 1.54) is 0 Å². The van der Waals surface area contributed by atoms with Gasteiger partial charge in [-0.1, -0.05) is 28.3 Å². The molecule has 0 unspecified atom stereocenters. The van der Waals surface area contributed by atoms with Gasteiger partial charge in [0.25, 0.3) is 0 Å². The van der Waals surface area contributed by atoms with E-state index in [1.807, 2.05) is 0 Å². The summed E-state index contributed by atoms with van der Waals surface area (Å²) in [5.41, 5.74) is 6.05. The quantitative estimate of drug-likeness (QED) is 0.273. The van der Waals surface area contributed by atoms with Crippen molar-refractivity contribution in [3.8, 4) is 0 Å². The third-order valence-corrected chi connectivity index (χ3v) is 2.31. The van der Waals surface area contributed by atoms with Gasteiger partial charge in [0.05, 0.1) is 9.85 Å². The molecule has 1 rings (SSSR count). The molecule has 0 N–H and O–H groups in total. The topological polar surface area (TPSA) is 135 Å². The average Bonchev–Trinajstić information content (AvgIpc) is 2.15. The monoisotopic (exact) mass is 277 g/mol. The van der Waals surface area contributed by atoms with Crippen molar-refractivity contribution in [2.75, 3.05) is 0 Å². The van der Waals surface area contributed by atoms with Crippen molar-refractivity contribution in [2.24, 2.45) is 5.11 Å². The molecule has 0 aliphatic heterocycles. The number of nitrogens with zero attached hydrogens (tertiary/aromatic N) is 5. The van der Waals surface area contributed by atoms with Crippen molar-refractivity contribution in [3.63, 3.8) is 0 Å². The Morgan fingerprint density at radius 3 is 2.18 bits per heavy atom. The van der Waals surface area contributed by atoms with Crippen LogP contribution in [-0.4, -0.2) is 9.85 Å². The lowest BCUT2D eigenvalue weighted by Crippen LogP contribution is -1.96. The molecule has 1 aromatic rings. The summed E-state index contributed by atoms with van der Waals surface area (Å²) < 4.78 is 0. The minimum absolute atomic E-state index is 0.451. The molecule has 0 atom stereocenters. The van der Waals surface area contributed by atoms with Gasteiger partial charge >= 0.3 is 11.4 Å². The van der Waals surface area contributed by atoms with Crippen LogP contribution in [0.5, 0.6) is 0 Å². The molecule has 0 saturated carbocycles. The van der Waals surface area contributed by atoms with E-state index in [9.17, 15) is 20.2 Å². The van der Waals surface area contributed by atoms with E-state index in [-0.39, 0.29) is 0 Å². The van der Waals surface area contributed by atoms with E-state index < -0.39 is 37.0 Å². The van der Waals surface area contributed by atoms with Crippen LogP contribution in [0.4, 0.5) is 17.1 Å². The molecular formula is C6HCl2N5O4. The molecule has 17 heavy (non-hydrogen) atoms. The number of rotatable bonds is 3. The highest BCUT2D eigenvalue weighted by Crippen LogP contribution is 2.45. The Hall–Kier alpha value is -2.09. The van der Waals surface area contributed by atoms with Gasteiger partial charge in [0.1, 0.15) is 10.7 Å². The van der Waals surface area contributed by atoms with Crippen LogP contribution in [0.3, 0.4) is 0 Å². The Morgan fingerprint density at radius 1 is 1.24 bits per heavy atom. The van der Waals surface area contributed by atoms with Crippen molar-refractivity contribution in [3.05, 3.63) is 46.8 Å². The van der Waals surface area contributed by atoms with Gasteiger partial charge in [0.15, 0.2) is 5.02 Å². The zero-order valence-electron chi connectivity index (χ0n) is 7.70. The number of azide groups is 1. The van der Waals surface area contributed by atoms with Crippen LogP contribution in [0, 0.1) is 20.2 Å². The fourth-order valence-electron chi connectivity index (χ4n) is 1.05. The Kier molecular flexibility index (Phi) is 3.69. The lowest BCUT2D eigenvalue weighted by atomic mass is 10.2. The second kappa shape index (κ2) is 4.83. The largest absolute Gasteiger partial charge is 0.313 e. The Labute approximate surface area is 102 Å². The second-order valence-electron chi connectivity index (χ2n) is 2.59. The van der Waals surface area contributed by atoms with Crippen molar-refractivity contribution < 1.29 is 9.85 Å². The highest BCUT2D eigenvalue weighted by Gasteiger charge is 2.30. The highest BCUT2D eigenvalue weighted by atomic mass is 35.5. The number of nitro groups is 2. The van der Waals surface area contributed by atoms with Gasteiger partial charge in [0.2, 0.25) is 0 Å². The molecule has 0 radical (unpaired) electrons. The maximum absolute atomic E-state index is 10.7. The zero-order chi connectivity index (χ0) is 13.2. The number of halogens is 2. The molecule has 0 aliphatic carbocycles. The maximum atomic E-state index is 10.7. The number of benzene rings is 1. The first-order chi connectivity index (χ1) is 7.90. The fraction of sp³-hybridized carbons (Fsp3) is 0. The first-order valence-electron chi connectivity index (χ1n) is 3.76. The van der Waals surface area contributed by atoms with Gasteiger partial charge in [-0.05, 0) is 11.6 Å². The highest BCUT2D eigenvalue weighted by molar-refractivity contribution is 6.40. The summed E-state index contributed by atoms with van der Waals surface area (Å²) in [4.78, 5) is 21.7. The standard InChI is InChI=1S/C6HCl2N5O4/c7-2-1-3(10-11-9)6(13(16)17)4(8)5(2)12(14)15/h1H. The lowest BCUT2D eigenvalue weighted by Gasteiger charge is -2.02. The second-order valence-corrected chi connectivity index (χ2v) is 3.38. The smallest absolute Gasteiger partial charge is 0.258 e. The summed E-state index contributed by atoms with van der Waals surface area (Å²) in [5.74, 6) is 0. The fourth-order valence-corrected chi connectivity index (χ4v) is 1.70. The zero-order valence-corrected chi connectivity index (χ0v) is 9.21. The Morgan fingerprint density at radius 2 is 1.76 bits per heavy atom. The van der Waals surface area contributed by atoms with Crippen molar-refractivity contribution in [1.82, 2.24) is 0 Å². The number of hydrogen-bond acceptors (Lipinski definition) is 5. The molecule has 0 heterocycles. The van der Waals surface area contributed by atoms with E-state index in [0.717, 1.165) is 6.07 Å². The average molecular weight is 278 g/mol. The van der Waals surface area contributed by atoms with Gasteiger partial charge in [-0.15, -0.1) is 0 Å². The number of nitro benzene ring substituents is 2. The summed E-state index contributed by atoms with van der Waals surface area (Å²) in [6.45, 7) is 0. The Balaban J connectivity index is 3.75. The third-order valence-electron chi connectivity index (χ3n) is 1.67. The molecule has 88 valence electrons. The van der Waals surface area contributed by atoms with Crippen molar-refractivity contribution in [1.29, 1.82) is 0 Å². The van der Waals surface area contributed by atoms with Crippen molar-refractivity contribution >= 4 is 40.3 Å². The van der Waals surface area contributed by atoms with Crippen LogP contribution in [0.15, 0.2) is 11.2 Å². The first-order valence-corrected chi connectivity index (χ1v) is 4.51. The Bertz CT molecular complexity index is 568. The maximum Gasteiger partial charge on any atom is 0.313 e. The number of hydrogen-bond donors (Lipinski definition) is 0. The van der Waals surface area contributed by atoms with Crippen LogP contribution >= 0.6 is 23.2 Å². The van der Waals surface area contributed by atoms with Gasteiger partial charge in [-0.25, -0.2) is 0 Å². The predicted octanol–water partition coefficient (Wildman–Crippen LogP) is 3.75. The van der Waals surface area contributed by atoms with Crippen LogP contribution in [0.2, 0.25) is 10.0 Å². The van der Waals surface area contributed by atoms with E-state index in [0.29, 0.717) is 0 Å². The molecule has 0 saturated heterocycles. The first kappa shape index (κ1) is 13.0. The molecule has 1 aromatic carbocycles. The summed E-state index contributed by atoms with van der Waals surface area (Å²) in [7, 11) is 0. The predicted molar refractivity (Wildman–Crippen MR) is 58.6 cm³/mol. The van der Waals surface area contributed by atoms with Crippen LogP contribution < -0.4 is 0 Å².